The van der Waals surface area contributed by atoms with Crippen molar-refractivity contribution in [2.75, 3.05) is 0 Å². The van der Waals surface area contributed by atoms with Crippen LogP contribution < -0.4 is 5.69 Å². The fraction of sp³-hybridized carbons (Fsp3) is 0.308. The van der Waals surface area contributed by atoms with Gasteiger partial charge in [0.2, 0.25) is 5.76 Å². The summed E-state index contributed by atoms with van der Waals surface area (Å²) in [6.45, 7) is 5.32. The minimum absolute atomic E-state index is 0.107. The van der Waals surface area contributed by atoms with Crippen LogP contribution in [0.2, 0.25) is 0 Å². The van der Waals surface area contributed by atoms with Crippen LogP contribution in [-0.2, 0) is 6.54 Å². The first-order chi connectivity index (χ1) is 9.31. The second kappa shape index (κ2) is 5.24. The van der Waals surface area contributed by atoms with Gasteiger partial charge in [0.25, 0.3) is 0 Å². The summed E-state index contributed by atoms with van der Waals surface area (Å²) >= 11 is 3.37. The van der Waals surface area contributed by atoms with E-state index in [9.17, 15) is 9.59 Å². The van der Waals surface area contributed by atoms with Crippen LogP contribution in [0.1, 0.15) is 33.3 Å². The predicted octanol–water partition coefficient (Wildman–Crippen LogP) is 2.27. The average Bonchev–Trinajstić information content (AvgIpc) is 2.73. The lowest BCUT2D eigenvalue weighted by Gasteiger charge is -2.10. The molecule has 0 atom stereocenters. The highest BCUT2D eigenvalue weighted by Gasteiger charge is 2.16. The SMILES string of the molecule is Cc1cc(Cn2c(C)c(Br)c(C)nc2=O)oc1C(=O)O. The van der Waals surface area contributed by atoms with Gasteiger partial charge in [0.15, 0.2) is 0 Å². The molecule has 1 N–H and O–H groups in total. The first-order valence-electron chi connectivity index (χ1n) is 5.87. The standard InChI is InChI=1S/C13H13BrN2O4/c1-6-4-9(20-11(6)12(17)18)5-16-8(3)10(14)7(2)15-13(16)19/h4H,5H2,1-3H3,(H,17,18). The minimum Gasteiger partial charge on any atom is -0.475 e. The topological polar surface area (TPSA) is 85.3 Å². The zero-order valence-corrected chi connectivity index (χ0v) is 12.8. The van der Waals surface area contributed by atoms with Gasteiger partial charge in [-0.15, -0.1) is 0 Å². The highest BCUT2D eigenvalue weighted by Crippen LogP contribution is 2.19. The first-order valence-corrected chi connectivity index (χ1v) is 6.66. The Hall–Kier alpha value is -1.89. The van der Waals surface area contributed by atoms with E-state index in [-0.39, 0.29) is 12.3 Å². The molecular formula is C13H13BrN2O4. The van der Waals surface area contributed by atoms with Crippen LogP contribution in [0.25, 0.3) is 0 Å². The maximum Gasteiger partial charge on any atom is 0.372 e. The van der Waals surface area contributed by atoms with Gasteiger partial charge < -0.3 is 9.52 Å². The minimum atomic E-state index is -1.12. The lowest BCUT2D eigenvalue weighted by Crippen LogP contribution is -2.26. The molecule has 0 aliphatic carbocycles. The molecule has 0 aromatic carbocycles. The van der Waals surface area contributed by atoms with Crippen molar-refractivity contribution < 1.29 is 14.3 Å². The highest BCUT2D eigenvalue weighted by atomic mass is 79.9. The molecule has 2 rings (SSSR count). The van der Waals surface area contributed by atoms with E-state index in [0.29, 0.717) is 22.7 Å². The zero-order chi connectivity index (χ0) is 15.0. The third kappa shape index (κ3) is 2.53. The summed E-state index contributed by atoms with van der Waals surface area (Å²) in [6.07, 6.45) is 0. The number of carboxylic acids is 1. The maximum atomic E-state index is 11.9. The third-order valence-electron chi connectivity index (χ3n) is 3.01. The van der Waals surface area contributed by atoms with E-state index in [2.05, 4.69) is 20.9 Å². The molecule has 20 heavy (non-hydrogen) atoms. The zero-order valence-electron chi connectivity index (χ0n) is 11.2. The molecule has 2 aromatic heterocycles. The summed E-state index contributed by atoms with van der Waals surface area (Å²) in [6, 6.07) is 1.61. The number of hydrogen-bond acceptors (Lipinski definition) is 4. The van der Waals surface area contributed by atoms with Crippen molar-refractivity contribution >= 4 is 21.9 Å². The van der Waals surface area contributed by atoms with Crippen LogP contribution in [0.5, 0.6) is 0 Å². The van der Waals surface area contributed by atoms with Crippen molar-refractivity contribution in [2.45, 2.75) is 27.3 Å². The Labute approximate surface area is 123 Å². The lowest BCUT2D eigenvalue weighted by atomic mass is 10.2. The van der Waals surface area contributed by atoms with E-state index < -0.39 is 11.7 Å². The smallest absolute Gasteiger partial charge is 0.372 e. The average molecular weight is 341 g/mol. The van der Waals surface area contributed by atoms with E-state index >= 15 is 0 Å². The maximum absolute atomic E-state index is 11.9. The Morgan fingerprint density at radius 1 is 1.45 bits per heavy atom. The van der Waals surface area contributed by atoms with Gasteiger partial charge in [-0.05, 0) is 42.8 Å². The van der Waals surface area contributed by atoms with Crippen molar-refractivity contribution in [3.63, 3.8) is 0 Å². The molecule has 0 amide bonds. The predicted molar refractivity (Wildman–Crippen MR) is 75.2 cm³/mol. The fourth-order valence-electron chi connectivity index (χ4n) is 1.96. The molecule has 0 bridgehead atoms. The summed E-state index contributed by atoms with van der Waals surface area (Å²) in [5.74, 6) is -0.825. The molecule has 2 heterocycles. The van der Waals surface area contributed by atoms with Gasteiger partial charge in [0.1, 0.15) is 5.76 Å². The number of hydrogen-bond donors (Lipinski definition) is 1. The van der Waals surface area contributed by atoms with Crippen molar-refractivity contribution in [2.24, 2.45) is 0 Å². The molecular weight excluding hydrogens is 328 g/mol. The van der Waals surface area contributed by atoms with Gasteiger partial charge in [-0.3, -0.25) is 4.57 Å². The van der Waals surface area contributed by atoms with Crippen molar-refractivity contribution in [3.05, 3.63) is 49.5 Å². The number of furan rings is 1. The lowest BCUT2D eigenvalue weighted by molar-refractivity contribution is 0.0659. The summed E-state index contributed by atoms with van der Waals surface area (Å²) in [5.41, 5.74) is 1.46. The number of aromatic nitrogens is 2. The number of nitrogens with zero attached hydrogens (tertiary/aromatic N) is 2. The molecule has 2 aromatic rings. The van der Waals surface area contributed by atoms with Crippen LogP contribution in [0.4, 0.5) is 0 Å². The highest BCUT2D eigenvalue weighted by molar-refractivity contribution is 9.10. The monoisotopic (exact) mass is 340 g/mol. The molecule has 0 aliphatic heterocycles. The Bertz CT molecular complexity index is 746. The van der Waals surface area contributed by atoms with Gasteiger partial charge in [-0.1, -0.05) is 0 Å². The van der Waals surface area contributed by atoms with Crippen molar-refractivity contribution in [3.8, 4) is 0 Å². The fourth-order valence-corrected chi connectivity index (χ4v) is 2.26. The van der Waals surface area contributed by atoms with Crippen molar-refractivity contribution in [1.29, 1.82) is 0 Å². The second-order valence-corrected chi connectivity index (χ2v) is 5.29. The third-order valence-corrected chi connectivity index (χ3v) is 4.16. The number of aryl methyl sites for hydroxylation is 2. The molecule has 0 saturated carbocycles. The molecule has 0 unspecified atom stereocenters. The number of rotatable bonds is 3. The van der Waals surface area contributed by atoms with Crippen LogP contribution in [0, 0.1) is 20.8 Å². The second-order valence-electron chi connectivity index (χ2n) is 4.50. The molecule has 7 heteroatoms. The molecule has 0 radical (unpaired) electrons. The number of halogens is 1. The van der Waals surface area contributed by atoms with E-state index in [0.717, 1.165) is 4.47 Å². The van der Waals surface area contributed by atoms with E-state index in [1.807, 2.05) is 0 Å². The van der Waals surface area contributed by atoms with Crippen molar-refractivity contribution in [1.82, 2.24) is 9.55 Å². The van der Waals surface area contributed by atoms with Gasteiger partial charge in [0, 0.05) is 11.3 Å². The first kappa shape index (κ1) is 14.5. The largest absolute Gasteiger partial charge is 0.475 e. The molecule has 106 valence electrons. The normalized spacial score (nSPS) is 10.8. The van der Waals surface area contributed by atoms with Gasteiger partial charge in [-0.2, -0.15) is 4.98 Å². The quantitative estimate of drug-likeness (QED) is 0.926. The molecule has 0 fully saturated rings. The van der Waals surface area contributed by atoms with E-state index in [1.165, 1.54) is 4.57 Å². The Balaban J connectivity index is 2.46. The summed E-state index contributed by atoms with van der Waals surface area (Å²) < 4.78 is 7.44. The Kier molecular flexibility index (Phi) is 3.80. The molecule has 6 nitrogen and oxygen atoms in total. The van der Waals surface area contributed by atoms with Gasteiger partial charge >= 0.3 is 11.7 Å². The van der Waals surface area contributed by atoms with E-state index in [1.54, 1.807) is 26.8 Å². The Morgan fingerprint density at radius 3 is 2.65 bits per heavy atom. The summed E-state index contributed by atoms with van der Waals surface area (Å²) in [4.78, 5) is 26.8. The number of carbonyl (C=O) groups is 1. The number of aromatic carboxylic acids is 1. The molecule has 0 saturated heterocycles. The van der Waals surface area contributed by atoms with Gasteiger partial charge in [-0.25, -0.2) is 9.59 Å². The van der Waals surface area contributed by atoms with E-state index in [4.69, 9.17) is 9.52 Å². The van der Waals surface area contributed by atoms with Crippen LogP contribution in [0.15, 0.2) is 19.8 Å². The molecule has 0 spiro atoms. The Morgan fingerprint density at radius 2 is 2.10 bits per heavy atom. The van der Waals surface area contributed by atoms with Crippen LogP contribution in [-0.4, -0.2) is 20.6 Å². The number of carboxylic acid groups (broad SMARTS) is 1. The van der Waals surface area contributed by atoms with Crippen LogP contribution in [0.3, 0.4) is 0 Å². The molecule has 0 aliphatic rings. The van der Waals surface area contributed by atoms with Gasteiger partial charge in [0.05, 0.1) is 16.7 Å². The summed E-state index contributed by atoms with van der Waals surface area (Å²) in [5, 5.41) is 8.95. The summed E-state index contributed by atoms with van der Waals surface area (Å²) in [7, 11) is 0. The van der Waals surface area contributed by atoms with Crippen LogP contribution >= 0.6 is 15.9 Å².